The highest BCUT2D eigenvalue weighted by atomic mass is 32.2. The molecule has 2 aromatic carbocycles. The number of nitrogens with zero attached hydrogens (tertiary/aromatic N) is 3. The maximum atomic E-state index is 13.0. The van der Waals surface area contributed by atoms with Crippen LogP contribution in [-0.2, 0) is 19.6 Å². The average Bonchev–Trinajstić information content (AvgIpc) is 3.40. The number of imide groups is 1. The van der Waals surface area contributed by atoms with Crippen molar-refractivity contribution in [2.24, 2.45) is 0 Å². The topological polar surface area (TPSA) is 111 Å². The van der Waals surface area contributed by atoms with E-state index in [2.05, 4.69) is 9.82 Å². The number of sulfonamides is 1. The molecule has 1 atom stereocenters. The fraction of sp³-hybridized carbons (Fsp3) is 0.150. The van der Waals surface area contributed by atoms with Crippen molar-refractivity contribution in [3.63, 3.8) is 0 Å². The summed E-state index contributed by atoms with van der Waals surface area (Å²) in [6.07, 6.45) is 2.59. The fourth-order valence-electron chi connectivity index (χ4n) is 3.09. The highest BCUT2D eigenvalue weighted by Crippen LogP contribution is 2.21. The van der Waals surface area contributed by atoms with Gasteiger partial charge in [-0.15, -0.1) is 0 Å². The summed E-state index contributed by atoms with van der Waals surface area (Å²) in [5.74, 6) is -0.510. The van der Waals surface area contributed by atoms with Crippen LogP contribution in [0.3, 0.4) is 0 Å². The molecule has 1 aliphatic heterocycles. The third kappa shape index (κ3) is 4.09. The van der Waals surface area contributed by atoms with Gasteiger partial charge in [0, 0.05) is 12.4 Å². The van der Waals surface area contributed by atoms with Crippen molar-refractivity contribution >= 4 is 22.0 Å². The monoisotopic (exact) mass is 426 g/mol. The molecule has 9 nitrogen and oxygen atoms in total. The number of carbonyl (C=O) groups excluding carboxylic acids is 2. The van der Waals surface area contributed by atoms with Gasteiger partial charge in [0.25, 0.3) is 5.91 Å². The first-order valence-corrected chi connectivity index (χ1v) is 10.6. The van der Waals surface area contributed by atoms with E-state index in [0.29, 0.717) is 11.3 Å². The zero-order chi connectivity index (χ0) is 21.1. The minimum absolute atomic E-state index is 0.0506. The summed E-state index contributed by atoms with van der Waals surface area (Å²) in [5.41, 5.74) is 1.32. The minimum atomic E-state index is -3.94. The van der Waals surface area contributed by atoms with Gasteiger partial charge in [-0.2, -0.15) is 5.10 Å². The molecule has 154 valence electrons. The Bertz CT molecular complexity index is 1130. The van der Waals surface area contributed by atoms with Crippen LogP contribution in [0.1, 0.15) is 11.6 Å². The summed E-state index contributed by atoms with van der Waals surface area (Å²) in [6.45, 7) is -0.520. The molecular weight excluding hydrogens is 408 g/mol. The Balaban J connectivity index is 1.59. The second kappa shape index (κ2) is 8.09. The maximum absolute atomic E-state index is 13.0. The molecule has 3 aromatic rings. The van der Waals surface area contributed by atoms with Crippen LogP contribution in [0.5, 0.6) is 0 Å². The van der Waals surface area contributed by atoms with Crippen molar-refractivity contribution < 1.29 is 22.7 Å². The first kappa shape index (κ1) is 19.8. The summed E-state index contributed by atoms with van der Waals surface area (Å²) in [7, 11) is -3.94. The SMILES string of the molecule is O=C1COC(=O)N1C[C@@H](NS(=O)(=O)c1ccc(-n2cccn2)cc1)c1ccccc1. The van der Waals surface area contributed by atoms with Gasteiger partial charge in [-0.3, -0.25) is 4.79 Å². The first-order chi connectivity index (χ1) is 14.4. The van der Waals surface area contributed by atoms with Crippen LogP contribution in [0.2, 0.25) is 0 Å². The number of carbonyl (C=O) groups is 2. The van der Waals surface area contributed by atoms with Gasteiger partial charge < -0.3 is 4.74 Å². The molecule has 0 saturated carbocycles. The number of rotatable bonds is 7. The Morgan fingerprint density at radius 3 is 2.37 bits per heavy atom. The molecule has 0 unspecified atom stereocenters. The van der Waals surface area contributed by atoms with Crippen LogP contribution in [0.15, 0.2) is 78.0 Å². The highest BCUT2D eigenvalue weighted by molar-refractivity contribution is 7.89. The zero-order valence-electron chi connectivity index (χ0n) is 15.7. The largest absolute Gasteiger partial charge is 0.439 e. The Labute approximate surface area is 172 Å². The number of benzene rings is 2. The normalized spacial score (nSPS) is 15.3. The van der Waals surface area contributed by atoms with Gasteiger partial charge in [-0.1, -0.05) is 30.3 Å². The van der Waals surface area contributed by atoms with E-state index in [1.807, 2.05) is 0 Å². The first-order valence-electron chi connectivity index (χ1n) is 9.08. The van der Waals surface area contributed by atoms with Crippen LogP contribution < -0.4 is 4.72 Å². The minimum Gasteiger partial charge on any atom is -0.439 e. The smallest absolute Gasteiger partial charge is 0.417 e. The van der Waals surface area contributed by atoms with Crippen molar-refractivity contribution in [2.75, 3.05) is 13.2 Å². The standard InChI is InChI=1S/C20H18N4O5S/c25-19-14-29-20(26)23(19)13-18(15-5-2-1-3-6-15)22-30(27,28)17-9-7-16(8-10-17)24-12-4-11-21-24/h1-12,18,22H,13-14H2/t18-/m1/s1. The van der Waals surface area contributed by atoms with E-state index in [9.17, 15) is 18.0 Å². The van der Waals surface area contributed by atoms with Crippen LogP contribution in [0, 0.1) is 0 Å². The van der Waals surface area contributed by atoms with E-state index < -0.39 is 28.1 Å². The predicted octanol–water partition coefficient (Wildman–Crippen LogP) is 1.87. The summed E-state index contributed by atoms with van der Waals surface area (Å²) < 4.78 is 34.9. The quantitative estimate of drug-likeness (QED) is 0.618. The number of ether oxygens (including phenoxy) is 1. The Morgan fingerprint density at radius 1 is 1.03 bits per heavy atom. The van der Waals surface area contributed by atoms with Gasteiger partial charge >= 0.3 is 6.09 Å². The molecule has 2 heterocycles. The number of nitrogens with one attached hydrogen (secondary N) is 1. The van der Waals surface area contributed by atoms with Gasteiger partial charge in [0.2, 0.25) is 10.0 Å². The lowest BCUT2D eigenvalue weighted by Gasteiger charge is -2.22. The van der Waals surface area contributed by atoms with Gasteiger partial charge in [-0.05, 0) is 35.9 Å². The number of aromatic nitrogens is 2. The van der Waals surface area contributed by atoms with Gasteiger partial charge in [0.05, 0.1) is 23.2 Å². The van der Waals surface area contributed by atoms with Crippen molar-refractivity contribution in [2.45, 2.75) is 10.9 Å². The summed E-state index contributed by atoms with van der Waals surface area (Å²) in [6, 6.07) is 15.9. The van der Waals surface area contributed by atoms with Crippen molar-refractivity contribution in [1.29, 1.82) is 0 Å². The summed E-state index contributed by atoms with van der Waals surface area (Å²) in [5, 5.41) is 4.11. The third-order valence-electron chi connectivity index (χ3n) is 4.62. The highest BCUT2D eigenvalue weighted by Gasteiger charge is 2.34. The summed E-state index contributed by atoms with van der Waals surface area (Å²) in [4.78, 5) is 24.7. The number of cyclic esters (lactones) is 1. The van der Waals surface area contributed by atoms with E-state index in [4.69, 9.17) is 4.74 Å². The lowest BCUT2D eigenvalue weighted by molar-refractivity contribution is -0.126. The molecule has 1 aromatic heterocycles. The van der Waals surface area contributed by atoms with E-state index in [-0.39, 0.29) is 18.0 Å². The van der Waals surface area contributed by atoms with Gasteiger partial charge in [0.15, 0.2) is 6.61 Å². The van der Waals surface area contributed by atoms with Crippen molar-refractivity contribution in [3.8, 4) is 5.69 Å². The van der Waals surface area contributed by atoms with E-state index in [1.54, 1.807) is 65.6 Å². The molecule has 2 amide bonds. The lowest BCUT2D eigenvalue weighted by Crippen LogP contribution is -2.40. The van der Waals surface area contributed by atoms with Crippen LogP contribution >= 0.6 is 0 Å². The molecule has 1 fully saturated rings. The molecular formula is C20H18N4O5S. The lowest BCUT2D eigenvalue weighted by atomic mass is 10.1. The molecule has 4 rings (SSSR count). The molecule has 1 saturated heterocycles. The Kier molecular flexibility index (Phi) is 5.34. The van der Waals surface area contributed by atoms with Crippen molar-refractivity contribution in [1.82, 2.24) is 19.4 Å². The molecule has 1 N–H and O–H groups in total. The van der Waals surface area contributed by atoms with Gasteiger partial charge in [-0.25, -0.2) is 27.5 Å². The number of hydrogen-bond donors (Lipinski definition) is 1. The Morgan fingerprint density at radius 2 is 1.77 bits per heavy atom. The van der Waals surface area contributed by atoms with E-state index in [1.165, 1.54) is 12.1 Å². The fourth-order valence-corrected chi connectivity index (χ4v) is 4.31. The predicted molar refractivity (Wildman–Crippen MR) is 106 cm³/mol. The second-order valence-corrected chi connectivity index (χ2v) is 8.30. The average molecular weight is 426 g/mol. The van der Waals surface area contributed by atoms with Crippen LogP contribution in [-0.4, -0.2) is 48.3 Å². The third-order valence-corrected chi connectivity index (χ3v) is 6.11. The van der Waals surface area contributed by atoms with E-state index >= 15 is 0 Å². The molecule has 10 heteroatoms. The maximum Gasteiger partial charge on any atom is 0.417 e. The zero-order valence-corrected chi connectivity index (χ0v) is 16.5. The number of amides is 2. The Hall–Kier alpha value is -3.50. The van der Waals surface area contributed by atoms with Gasteiger partial charge in [0.1, 0.15) is 0 Å². The van der Waals surface area contributed by atoms with E-state index in [0.717, 1.165) is 4.90 Å². The molecule has 0 aliphatic carbocycles. The molecule has 0 spiro atoms. The molecule has 0 bridgehead atoms. The molecule has 1 aliphatic rings. The molecule has 30 heavy (non-hydrogen) atoms. The second-order valence-electron chi connectivity index (χ2n) is 6.59. The summed E-state index contributed by atoms with van der Waals surface area (Å²) >= 11 is 0. The molecule has 0 radical (unpaired) electrons. The van der Waals surface area contributed by atoms with Crippen LogP contribution in [0.4, 0.5) is 4.79 Å². The number of hydrogen-bond acceptors (Lipinski definition) is 6. The van der Waals surface area contributed by atoms with Crippen LogP contribution in [0.25, 0.3) is 5.69 Å². The van der Waals surface area contributed by atoms with Crippen molar-refractivity contribution in [3.05, 3.63) is 78.6 Å².